The molecule has 0 saturated heterocycles. The molecule has 0 atom stereocenters. The standard InChI is InChI=1S/C29H34O2Si/c1-29(2,3)32(4,5)31-28(24-22-26-17-11-7-12-18-26)20-14-8-13-19-27(30)23-21-25-15-9-6-10-16-25/h6-7,9-12,15-18,20-24H,8,14H2,1-5H3/b23-21+,24-22+,28-20-. The Morgan fingerprint density at radius 2 is 1.44 bits per heavy atom. The topological polar surface area (TPSA) is 26.3 Å². The maximum atomic E-state index is 12.0. The largest absolute Gasteiger partial charge is 0.544 e. The van der Waals surface area contributed by atoms with Gasteiger partial charge in [0.05, 0.1) is 5.76 Å². The Morgan fingerprint density at radius 1 is 0.906 bits per heavy atom. The van der Waals surface area contributed by atoms with E-state index < -0.39 is 8.32 Å². The van der Waals surface area contributed by atoms with Crippen molar-refractivity contribution in [1.82, 2.24) is 0 Å². The van der Waals surface area contributed by atoms with Gasteiger partial charge in [-0.05, 0) is 59.8 Å². The molecule has 0 aromatic heterocycles. The molecule has 0 aliphatic rings. The number of rotatable bonds is 8. The Balaban J connectivity index is 2.02. The first-order valence-corrected chi connectivity index (χ1v) is 14.0. The normalized spacial score (nSPS) is 12.6. The summed E-state index contributed by atoms with van der Waals surface area (Å²) in [6.45, 7) is 11.2. The highest BCUT2D eigenvalue weighted by molar-refractivity contribution is 6.74. The molecule has 0 spiro atoms. The van der Waals surface area contributed by atoms with Gasteiger partial charge in [-0.2, -0.15) is 0 Å². The van der Waals surface area contributed by atoms with Gasteiger partial charge in [-0.25, -0.2) is 0 Å². The minimum Gasteiger partial charge on any atom is -0.544 e. The van der Waals surface area contributed by atoms with Crippen LogP contribution >= 0.6 is 0 Å². The van der Waals surface area contributed by atoms with Gasteiger partial charge >= 0.3 is 0 Å². The van der Waals surface area contributed by atoms with Crippen LogP contribution in [0, 0.1) is 11.8 Å². The first-order chi connectivity index (χ1) is 15.2. The summed E-state index contributed by atoms with van der Waals surface area (Å²) in [5.41, 5.74) is 2.12. The van der Waals surface area contributed by atoms with Crippen LogP contribution in [0.25, 0.3) is 12.2 Å². The fourth-order valence-corrected chi connectivity index (χ4v) is 3.59. The van der Waals surface area contributed by atoms with Crippen molar-refractivity contribution in [1.29, 1.82) is 0 Å². The van der Waals surface area contributed by atoms with Crippen molar-refractivity contribution in [3.05, 3.63) is 95.8 Å². The summed E-state index contributed by atoms with van der Waals surface area (Å²) in [6, 6.07) is 19.9. The summed E-state index contributed by atoms with van der Waals surface area (Å²) in [5.74, 6) is 6.37. The van der Waals surface area contributed by atoms with Gasteiger partial charge in [0.15, 0.2) is 0 Å². The zero-order valence-electron chi connectivity index (χ0n) is 19.9. The fourth-order valence-electron chi connectivity index (χ4n) is 2.55. The zero-order valence-corrected chi connectivity index (χ0v) is 20.9. The molecule has 2 nitrogen and oxygen atoms in total. The molecule has 0 heterocycles. The molecule has 0 amide bonds. The third kappa shape index (κ3) is 8.96. The number of unbranched alkanes of at least 4 members (excludes halogenated alkanes) is 1. The van der Waals surface area contributed by atoms with E-state index in [1.807, 2.05) is 54.6 Å². The van der Waals surface area contributed by atoms with Gasteiger partial charge in [0.1, 0.15) is 0 Å². The molecule has 0 aliphatic carbocycles. The maximum Gasteiger partial charge on any atom is 0.250 e. The van der Waals surface area contributed by atoms with E-state index in [0.29, 0.717) is 6.42 Å². The van der Waals surface area contributed by atoms with E-state index in [4.69, 9.17) is 4.43 Å². The molecule has 0 aliphatic heterocycles. The third-order valence-corrected chi connectivity index (χ3v) is 9.83. The maximum absolute atomic E-state index is 12.0. The highest BCUT2D eigenvalue weighted by Crippen LogP contribution is 2.38. The molecular formula is C29H34O2Si. The lowest BCUT2D eigenvalue weighted by molar-refractivity contribution is -0.109. The van der Waals surface area contributed by atoms with Crippen molar-refractivity contribution in [2.75, 3.05) is 0 Å². The van der Waals surface area contributed by atoms with E-state index in [1.54, 1.807) is 6.08 Å². The van der Waals surface area contributed by atoms with E-state index in [-0.39, 0.29) is 10.8 Å². The van der Waals surface area contributed by atoms with E-state index in [9.17, 15) is 4.79 Å². The molecule has 166 valence electrons. The predicted molar refractivity (Wildman–Crippen MR) is 139 cm³/mol. The number of hydrogen-bond acceptors (Lipinski definition) is 2. The third-order valence-electron chi connectivity index (χ3n) is 5.47. The van der Waals surface area contributed by atoms with Gasteiger partial charge in [0, 0.05) is 6.42 Å². The average Bonchev–Trinajstić information content (AvgIpc) is 2.76. The second-order valence-corrected chi connectivity index (χ2v) is 13.9. The summed E-state index contributed by atoms with van der Waals surface area (Å²) in [7, 11) is -1.95. The van der Waals surface area contributed by atoms with E-state index >= 15 is 0 Å². The van der Waals surface area contributed by atoms with Gasteiger partial charge in [-0.1, -0.05) is 99.5 Å². The fraction of sp³-hybridized carbons (Fsp3) is 0.276. The Bertz CT molecular complexity index is 1010. The van der Waals surface area contributed by atoms with Crippen LogP contribution < -0.4 is 0 Å². The van der Waals surface area contributed by atoms with Crippen molar-refractivity contribution in [3.63, 3.8) is 0 Å². The zero-order chi connectivity index (χ0) is 23.5. The number of carbonyl (C=O) groups excluding carboxylic acids is 1. The molecular weight excluding hydrogens is 408 g/mol. The quantitative estimate of drug-likeness (QED) is 0.0797. The predicted octanol–water partition coefficient (Wildman–Crippen LogP) is 7.67. The van der Waals surface area contributed by atoms with Gasteiger partial charge in [-0.3, -0.25) is 4.79 Å². The van der Waals surface area contributed by atoms with Crippen LogP contribution in [0.2, 0.25) is 18.1 Å². The average molecular weight is 443 g/mol. The number of benzene rings is 2. The van der Waals surface area contributed by atoms with Crippen molar-refractivity contribution in [3.8, 4) is 11.8 Å². The molecule has 0 saturated carbocycles. The Hall–Kier alpha value is -3.09. The van der Waals surface area contributed by atoms with Crippen LogP contribution in [-0.2, 0) is 9.22 Å². The SMILES string of the molecule is CC(C)(C)[Si](C)(C)OC(=C\CCC#CC(=O)/C=C/c1ccccc1)/C=C/c1ccccc1. The molecule has 3 heteroatoms. The van der Waals surface area contributed by atoms with Gasteiger partial charge < -0.3 is 4.43 Å². The summed E-state index contributed by atoms with van der Waals surface area (Å²) >= 11 is 0. The van der Waals surface area contributed by atoms with Crippen LogP contribution in [0.4, 0.5) is 0 Å². The summed E-state index contributed by atoms with van der Waals surface area (Å²) in [4.78, 5) is 12.0. The van der Waals surface area contributed by atoms with E-state index in [2.05, 4.69) is 70.0 Å². The van der Waals surface area contributed by atoms with Crippen LogP contribution in [0.3, 0.4) is 0 Å². The van der Waals surface area contributed by atoms with Crippen LogP contribution in [0.5, 0.6) is 0 Å². The first kappa shape index (κ1) is 25.2. The van der Waals surface area contributed by atoms with Crippen molar-refractivity contribution in [2.24, 2.45) is 0 Å². The minimum atomic E-state index is -1.95. The number of carbonyl (C=O) groups is 1. The lowest BCUT2D eigenvalue weighted by atomic mass is 10.2. The van der Waals surface area contributed by atoms with Crippen LogP contribution in [0.15, 0.2) is 84.7 Å². The highest BCUT2D eigenvalue weighted by atomic mass is 28.4. The molecule has 0 radical (unpaired) electrons. The summed E-state index contributed by atoms with van der Waals surface area (Å²) in [6.07, 6.45) is 10.8. The second-order valence-electron chi connectivity index (χ2n) is 9.16. The lowest BCUT2D eigenvalue weighted by Gasteiger charge is -2.36. The summed E-state index contributed by atoms with van der Waals surface area (Å²) in [5, 5.41) is 0.115. The Kier molecular flexibility index (Phi) is 9.50. The summed E-state index contributed by atoms with van der Waals surface area (Å²) < 4.78 is 6.53. The van der Waals surface area contributed by atoms with Crippen LogP contribution in [0.1, 0.15) is 44.7 Å². The molecule has 2 aromatic rings. The number of hydrogen-bond donors (Lipinski definition) is 0. The van der Waals surface area contributed by atoms with Crippen molar-refractivity contribution in [2.45, 2.75) is 51.7 Å². The smallest absolute Gasteiger partial charge is 0.250 e. The molecule has 32 heavy (non-hydrogen) atoms. The van der Waals surface area contributed by atoms with Crippen LogP contribution in [-0.4, -0.2) is 14.1 Å². The highest BCUT2D eigenvalue weighted by Gasteiger charge is 2.39. The molecule has 0 N–H and O–H groups in total. The second kappa shape index (κ2) is 12.1. The number of ketones is 1. The van der Waals surface area contributed by atoms with E-state index in [1.165, 1.54) is 6.08 Å². The van der Waals surface area contributed by atoms with E-state index in [0.717, 1.165) is 23.3 Å². The van der Waals surface area contributed by atoms with Gasteiger partial charge in [0.2, 0.25) is 14.1 Å². The number of allylic oxidation sites excluding steroid dienone is 3. The Labute approximate surface area is 194 Å². The van der Waals surface area contributed by atoms with Crippen molar-refractivity contribution >= 4 is 26.3 Å². The first-order valence-electron chi connectivity index (χ1n) is 11.1. The molecule has 0 fully saturated rings. The molecule has 0 bridgehead atoms. The lowest BCUT2D eigenvalue weighted by Crippen LogP contribution is -2.40. The monoisotopic (exact) mass is 442 g/mol. The Morgan fingerprint density at radius 3 is 1.97 bits per heavy atom. The minimum absolute atomic E-state index is 0.115. The molecule has 2 aromatic carbocycles. The van der Waals surface area contributed by atoms with Crippen molar-refractivity contribution < 1.29 is 9.22 Å². The van der Waals surface area contributed by atoms with Gasteiger partial charge in [-0.15, -0.1) is 0 Å². The molecule has 2 rings (SSSR count). The molecule has 0 unspecified atom stereocenters. The van der Waals surface area contributed by atoms with Gasteiger partial charge in [0.25, 0.3) is 0 Å².